The van der Waals surface area contributed by atoms with Gasteiger partial charge in [0.05, 0.1) is 11.4 Å². The Bertz CT molecular complexity index is 552. The minimum atomic E-state index is -0.356. The van der Waals surface area contributed by atoms with Crippen molar-refractivity contribution in [3.63, 3.8) is 0 Å². The number of hydrogen-bond donors (Lipinski definition) is 1. The van der Waals surface area contributed by atoms with E-state index in [9.17, 15) is 4.79 Å². The van der Waals surface area contributed by atoms with Crippen molar-refractivity contribution in [2.75, 3.05) is 5.75 Å². The molecule has 1 amide bonds. The van der Waals surface area contributed by atoms with Crippen LogP contribution >= 0.6 is 11.8 Å². The number of aryl methyl sites for hydroxylation is 1. The van der Waals surface area contributed by atoms with Gasteiger partial charge >= 0.3 is 0 Å². The minimum Gasteiger partial charge on any atom is -0.369 e. The van der Waals surface area contributed by atoms with Crippen LogP contribution in [-0.4, -0.2) is 21.9 Å². The van der Waals surface area contributed by atoms with Crippen LogP contribution in [0.5, 0.6) is 0 Å². The summed E-state index contributed by atoms with van der Waals surface area (Å²) in [4.78, 5) is 10.7. The Balaban J connectivity index is 2.10. The Morgan fingerprint density at radius 2 is 1.89 bits per heavy atom. The zero-order valence-electron chi connectivity index (χ0n) is 10.7. The van der Waals surface area contributed by atoms with Crippen LogP contribution in [0.25, 0.3) is 11.3 Å². The molecule has 0 unspecified atom stereocenters. The van der Waals surface area contributed by atoms with Gasteiger partial charge in [-0.2, -0.15) is 0 Å². The standard InChI is InChI=1S/C14H15N3OS/c1-2-10-3-5-11(6-4-10)12-7-8-14(17-16-12)19-9-13(15)18/h3-8H,2,9H2,1H3,(H2,15,18). The van der Waals surface area contributed by atoms with E-state index >= 15 is 0 Å². The monoisotopic (exact) mass is 273 g/mol. The average Bonchev–Trinajstić information content (AvgIpc) is 2.46. The van der Waals surface area contributed by atoms with E-state index in [0.717, 1.165) is 17.7 Å². The van der Waals surface area contributed by atoms with Crippen molar-refractivity contribution < 1.29 is 4.79 Å². The van der Waals surface area contributed by atoms with E-state index in [4.69, 9.17) is 5.73 Å². The van der Waals surface area contributed by atoms with Crippen molar-refractivity contribution in [1.29, 1.82) is 0 Å². The summed E-state index contributed by atoms with van der Waals surface area (Å²) in [6.07, 6.45) is 1.02. The third-order valence-corrected chi connectivity index (χ3v) is 3.60. The molecule has 98 valence electrons. The van der Waals surface area contributed by atoms with Gasteiger partial charge in [0, 0.05) is 5.56 Å². The van der Waals surface area contributed by atoms with Crippen molar-refractivity contribution in [3.05, 3.63) is 42.0 Å². The molecule has 0 saturated carbocycles. The van der Waals surface area contributed by atoms with Crippen LogP contribution in [0.15, 0.2) is 41.4 Å². The quantitative estimate of drug-likeness (QED) is 0.849. The van der Waals surface area contributed by atoms with Crippen LogP contribution in [0.4, 0.5) is 0 Å². The van der Waals surface area contributed by atoms with Gasteiger partial charge in [0.15, 0.2) is 0 Å². The highest BCUT2D eigenvalue weighted by molar-refractivity contribution is 7.99. The lowest BCUT2D eigenvalue weighted by molar-refractivity contribution is -0.115. The molecule has 0 aliphatic carbocycles. The molecular weight excluding hydrogens is 258 g/mol. The highest BCUT2D eigenvalue weighted by Crippen LogP contribution is 2.20. The van der Waals surface area contributed by atoms with Gasteiger partial charge < -0.3 is 5.73 Å². The Morgan fingerprint density at radius 3 is 2.42 bits per heavy atom. The van der Waals surface area contributed by atoms with Gasteiger partial charge in [-0.1, -0.05) is 43.0 Å². The molecule has 0 radical (unpaired) electrons. The van der Waals surface area contributed by atoms with Gasteiger partial charge in [-0.3, -0.25) is 4.79 Å². The molecule has 2 N–H and O–H groups in total. The number of rotatable bonds is 5. The molecule has 1 heterocycles. The normalized spacial score (nSPS) is 10.4. The topological polar surface area (TPSA) is 68.9 Å². The molecule has 0 saturated heterocycles. The number of amides is 1. The molecule has 1 aromatic heterocycles. The summed E-state index contributed by atoms with van der Waals surface area (Å²) in [5.41, 5.74) is 8.24. The third-order valence-electron chi connectivity index (χ3n) is 2.66. The summed E-state index contributed by atoms with van der Waals surface area (Å²) in [5.74, 6) is -0.134. The Kier molecular flexibility index (Phi) is 4.52. The van der Waals surface area contributed by atoms with Gasteiger partial charge in [-0.15, -0.1) is 10.2 Å². The predicted molar refractivity (Wildman–Crippen MR) is 76.8 cm³/mol. The number of thioether (sulfide) groups is 1. The summed E-state index contributed by atoms with van der Waals surface area (Å²) in [6, 6.07) is 12.0. The van der Waals surface area contributed by atoms with Crippen molar-refractivity contribution in [1.82, 2.24) is 10.2 Å². The van der Waals surface area contributed by atoms with Gasteiger partial charge in [-0.25, -0.2) is 0 Å². The van der Waals surface area contributed by atoms with E-state index in [1.807, 2.05) is 24.3 Å². The number of carbonyl (C=O) groups excluding carboxylic acids is 1. The number of primary amides is 1. The van der Waals surface area contributed by atoms with E-state index < -0.39 is 0 Å². The summed E-state index contributed by atoms with van der Waals surface area (Å²) >= 11 is 1.29. The fraction of sp³-hybridized carbons (Fsp3) is 0.214. The zero-order valence-corrected chi connectivity index (χ0v) is 11.5. The van der Waals surface area contributed by atoms with Crippen LogP contribution in [0.2, 0.25) is 0 Å². The summed E-state index contributed by atoms with van der Waals surface area (Å²) in [5, 5.41) is 8.94. The smallest absolute Gasteiger partial charge is 0.227 e. The number of carbonyl (C=O) groups is 1. The van der Waals surface area contributed by atoms with Gasteiger partial charge in [0.1, 0.15) is 5.03 Å². The fourth-order valence-corrected chi connectivity index (χ4v) is 2.16. The molecule has 2 aromatic rings. The first-order chi connectivity index (χ1) is 9.19. The summed E-state index contributed by atoms with van der Waals surface area (Å²) < 4.78 is 0. The van der Waals surface area contributed by atoms with E-state index in [-0.39, 0.29) is 11.7 Å². The summed E-state index contributed by atoms with van der Waals surface area (Å²) in [7, 11) is 0. The maximum atomic E-state index is 10.7. The molecule has 0 spiro atoms. The van der Waals surface area contributed by atoms with Gasteiger partial charge in [0.2, 0.25) is 5.91 Å². The first kappa shape index (κ1) is 13.5. The van der Waals surface area contributed by atoms with E-state index in [2.05, 4.69) is 29.3 Å². The van der Waals surface area contributed by atoms with Crippen LogP contribution < -0.4 is 5.73 Å². The molecule has 0 fully saturated rings. The predicted octanol–water partition coefficient (Wildman–Crippen LogP) is 2.28. The van der Waals surface area contributed by atoms with Crippen molar-refractivity contribution >= 4 is 17.7 Å². The van der Waals surface area contributed by atoms with Gasteiger partial charge in [0.25, 0.3) is 0 Å². The van der Waals surface area contributed by atoms with Crippen molar-refractivity contribution in [3.8, 4) is 11.3 Å². The molecular formula is C14H15N3OS. The minimum absolute atomic E-state index is 0.221. The van der Waals surface area contributed by atoms with E-state index in [1.165, 1.54) is 17.3 Å². The lowest BCUT2D eigenvalue weighted by Crippen LogP contribution is -2.13. The third kappa shape index (κ3) is 3.79. The van der Waals surface area contributed by atoms with Crippen LogP contribution in [0, 0.1) is 0 Å². The molecule has 4 nitrogen and oxygen atoms in total. The Hall–Kier alpha value is -1.88. The molecule has 5 heteroatoms. The highest BCUT2D eigenvalue weighted by atomic mass is 32.2. The summed E-state index contributed by atoms with van der Waals surface area (Å²) in [6.45, 7) is 2.12. The Labute approximate surface area is 116 Å². The SMILES string of the molecule is CCc1ccc(-c2ccc(SCC(N)=O)nn2)cc1. The molecule has 1 aromatic carbocycles. The van der Waals surface area contributed by atoms with Gasteiger partial charge in [-0.05, 0) is 24.1 Å². The first-order valence-corrected chi connectivity index (χ1v) is 7.01. The second-order valence-corrected chi connectivity index (χ2v) is 5.06. The fourth-order valence-electron chi connectivity index (χ4n) is 1.61. The van der Waals surface area contributed by atoms with Crippen molar-refractivity contribution in [2.24, 2.45) is 5.73 Å². The molecule has 2 rings (SSSR count). The second kappa shape index (κ2) is 6.33. The number of benzene rings is 1. The van der Waals surface area contributed by atoms with Crippen LogP contribution in [0.1, 0.15) is 12.5 Å². The largest absolute Gasteiger partial charge is 0.369 e. The van der Waals surface area contributed by atoms with E-state index in [0.29, 0.717) is 5.03 Å². The maximum Gasteiger partial charge on any atom is 0.227 e. The number of aromatic nitrogens is 2. The number of hydrogen-bond acceptors (Lipinski definition) is 4. The highest BCUT2D eigenvalue weighted by Gasteiger charge is 2.03. The first-order valence-electron chi connectivity index (χ1n) is 6.03. The lowest BCUT2D eigenvalue weighted by Gasteiger charge is -2.03. The molecule has 19 heavy (non-hydrogen) atoms. The lowest BCUT2D eigenvalue weighted by atomic mass is 10.1. The molecule has 0 bridgehead atoms. The zero-order chi connectivity index (χ0) is 13.7. The molecule has 0 atom stereocenters. The van der Waals surface area contributed by atoms with Crippen molar-refractivity contribution in [2.45, 2.75) is 18.4 Å². The Morgan fingerprint density at radius 1 is 1.16 bits per heavy atom. The molecule has 0 aliphatic rings. The van der Waals surface area contributed by atoms with Crippen LogP contribution in [0.3, 0.4) is 0 Å². The number of nitrogens with zero attached hydrogens (tertiary/aromatic N) is 2. The second-order valence-electron chi connectivity index (χ2n) is 4.06. The molecule has 0 aliphatic heterocycles. The van der Waals surface area contributed by atoms with Crippen LogP contribution in [-0.2, 0) is 11.2 Å². The van der Waals surface area contributed by atoms with E-state index in [1.54, 1.807) is 0 Å². The number of nitrogens with two attached hydrogens (primary N) is 1. The average molecular weight is 273 g/mol. The maximum absolute atomic E-state index is 10.7.